The minimum Gasteiger partial charge on any atom is -0.423 e. The first kappa shape index (κ1) is 25.3. The Morgan fingerprint density at radius 1 is 0.483 bits per heavy atom. The third-order valence-corrected chi connectivity index (χ3v) is 3.61. The number of halogens is 14. The average Bonchev–Trinajstić information content (AvgIpc) is 2.48. The highest BCUT2D eigenvalue weighted by Gasteiger charge is 2.76. The molecule has 0 aromatic heterocycles. The van der Waals surface area contributed by atoms with E-state index in [0.29, 0.717) is 0 Å². The maximum Gasteiger partial charge on any atom is 0.488 e. The van der Waals surface area contributed by atoms with Crippen LogP contribution in [0.15, 0.2) is 18.2 Å². The molecule has 0 aliphatic rings. The van der Waals surface area contributed by atoms with Crippen LogP contribution in [0.2, 0.25) is 0 Å². The van der Waals surface area contributed by atoms with Crippen LogP contribution in [0.3, 0.4) is 0 Å². The van der Waals surface area contributed by atoms with Gasteiger partial charge in [0.1, 0.15) is 0 Å². The maximum absolute atomic E-state index is 14.0. The van der Waals surface area contributed by atoms with Crippen molar-refractivity contribution in [3.8, 4) is 0 Å². The van der Waals surface area contributed by atoms with Gasteiger partial charge in [-0.15, -0.1) is 0 Å². The van der Waals surface area contributed by atoms with E-state index in [9.17, 15) is 61.5 Å². The molecule has 0 unspecified atom stereocenters. The predicted molar refractivity (Wildman–Crippen MR) is 66.1 cm³/mol. The highest BCUT2D eigenvalue weighted by atomic mass is 19.4. The van der Waals surface area contributed by atoms with Crippen LogP contribution in [-0.2, 0) is 11.3 Å². The fourth-order valence-corrected chi connectivity index (χ4v) is 2.17. The third-order valence-electron chi connectivity index (χ3n) is 3.61. The first-order valence-electron chi connectivity index (χ1n) is 6.68. The number of hydrogen-bond acceptors (Lipinski definition) is 2. The summed E-state index contributed by atoms with van der Waals surface area (Å²) in [5, 5.41) is 17.6. The molecule has 0 radical (unpaired) electrons. The fourth-order valence-electron chi connectivity index (χ4n) is 2.17. The van der Waals surface area contributed by atoms with Gasteiger partial charge in [0, 0.05) is 11.1 Å². The summed E-state index contributed by atoms with van der Waals surface area (Å²) < 4.78 is 181. The molecule has 0 aliphatic heterocycles. The van der Waals surface area contributed by atoms with E-state index in [2.05, 4.69) is 0 Å². The lowest BCUT2D eigenvalue weighted by atomic mass is 9.74. The van der Waals surface area contributed by atoms with Crippen molar-refractivity contribution in [1.29, 1.82) is 0 Å². The normalized spacial score (nSPS) is 14.9. The Balaban J connectivity index is 4.10. The standard InChI is InChI=1S/C12H5BF14O2/c14-7(9(16,17)18,10(19,20)21)4-1-5(3-6(2-4)13(28)29)8(15,11(22,23)24)12(25,26)27/h1-3,28-29H. The van der Waals surface area contributed by atoms with Gasteiger partial charge in [-0.25, -0.2) is 8.78 Å². The summed E-state index contributed by atoms with van der Waals surface area (Å²) in [7, 11) is -3.29. The minimum absolute atomic E-state index is 0.706. The van der Waals surface area contributed by atoms with Gasteiger partial charge in [0.2, 0.25) is 0 Å². The van der Waals surface area contributed by atoms with Gasteiger partial charge in [-0.2, -0.15) is 52.7 Å². The second kappa shape index (κ2) is 6.89. The van der Waals surface area contributed by atoms with E-state index < -0.39 is 77.9 Å². The highest BCUT2D eigenvalue weighted by Crippen LogP contribution is 2.56. The van der Waals surface area contributed by atoms with Crippen LogP contribution < -0.4 is 5.46 Å². The summed E-state index contributed by atoms with van der Waals surface area (Å²) >= 11 is 0. The molecule has 2 N–H and O–H groups in total. The molecule has 1 aromatic carbocycles. The summed E-state index contributed by atoms with van der Waals surface area (Å²) in [5.74, 6) is 0. The van der Waals surface area contributed by atoms with Crippen LogP contribution in [0.4, 0.5) is 61.5 Å². The topological polar surface area (TPSA) is 40.5 Å². The van der Waals surface area contributed by atoms with Gasteiger partial charge < -0.3 is 10.0 Å². The molecular weight excluding hydrogens is 453 g/mol. The smallest absolute Gasteiger partial charge is 0.423 e. The zero-order valence-corrected chi connectivity index (χ0v) is 13.0. The molecule has 29 heavy (non-hydrogen) atoms. The number of rotatable bonds is 3. The first-order valence-corrected chi connectivity index (χ1v) is 6.68. The van der Waals surface area contributed by atoms with E-state index >= 15 is 0 Å². The van der Waals surface area contributed by atoms with Gasteiger partial charge in [-0.1, -0.05) is 12.1 Å². The van der Waals surface area contributed by atoms with Crippen molar-refractivity contribution >= 4 is 12.6 Å². The Labute approximate surface area is 150 Å². The lowest BCUT2D eigenvalue weighted by Crippen LogP contribution is -2.53. The number of hydrogen-bond donors (Lipinski definition) is 2. The molecule has 0 bridgehead atoms. The van der Waals surface area contributed by atoms with Crippen molar-refractivity contribution < 1.29 is 71.5 Å². The van der Waals surface area contributed by atoms with Crippen molar-refractivity contribution in [2.75, 3.05) is 0 Å². The zero-order chi connectivity index (χ0) is 23.4. The van der Waals surface area contributed by atoms with E-state index in [1.54, 1.807) is 0 Å². The van der Waals surface area contributed by atoms with Gasteiger partial charge in [0.25, 0.3) is 0 Å². The van der Waals surface area contributed by atoms with E-state index in [0.717, 1.165) is 0 Å². The molecule has 17 heteroatoms. The van der Waals surface area contributed by atoms with Crippen molar-refractivity contribution in [1.82, 2.24) is 0 Å². The number of alkyl halides is 14. The molecule has 0 heterocycles. The Hall–Kier alpha value is -1.78. The minimum atomic E-state index is -6.99. The molecule has 0 spiro atoms. The molecule has 0 saturated carbocycles. The summed E-state index contributed by atoms with van der Waals surface area (Å²) in [6, 6.07) is -2.70. The van der Waals surface area contributed by atoms with Gasteiger partial charge in [0.05, 0.1) is 0 Å². The van der Waals surface area contributed by atoms with Crippen LogP contribution in [0.1, 0.15) is 11.1 Å². The lowest BCUT2D eigenvalue weighted by molar-refractivity contribution is -0.350. The second-order valence-corrected chi connectivity index (χ2v) is 5.53. The Kier molecular flexibility index (Phi) is 6.00. The van der Waals surface area contributed by atoms with Crippen molar-refractivity contribution in [3.63, 3.8) is 0 Å². The average molecular weight is 458 g/mol. The van der Waals surface area contributed by atoms with Crippen molar-refractivity contribution in [2.24, 2.45) is 0 Å². The van der Waals surface area contributed by atoms with Gasteiger partial charge in [-0.05, 0) is 11.5 Å². The lowest BCUT2D eigenvalue weighted by Gasteiger charge is -2.34. The molecule has 2 nitrogen and oxygen atoms in total. The summed E-state index contributed by atoms with van der Waals surface area (Å²) in [6.45, 7) is 0. The van der Waals surface area contributed by atoms with Gasteiger partial charge in [0.15, 0.2) is 0 Å². The Morgan fingerprint density at radius 2 is 0.724 bits per heavy atom. The fraction of sp³-hybridized carbons (Fsp3) is 0.500. The molecule has 0 fully saturated rings. The van der Waals surface area contributed by atoms with E-state index in [-0.39, 0.29) is 0 Å². The molecule has 0 aliphatic carbocycles. The van der Waals surface area contributed by atoms with Gasteiger partial charge >= 0.3 is 43.2 Å². The zero-order valence-electron chi connectivity index (χ0n) is 13.0. The molecule has 1 aromatic rings. The maximum atomic E-state index is 14.0. The highest BCUT2D eigenvalue weighted by molar-refractivity contribution is 6.58. The first-order chi connectivity index (χ1) is 12.5. The SMILES string of the molecule is OB(O)c1cc(C(F)(C(F)(F)F)C(F)(F)F)cc(C(F)(C(F)(F)F)C(F)(F)F)c1. The largest absolute Gasteiger partial charge is 0.488 e. The quantitative estimate of drug-likeness (QED) is 0.533. The van der Waals surface area contributed by atoms with E-state index in [1.165, 1.54) is 0 Å². The van der Waals surface area contributed by atoms with Crippen LogP contribution in [-0.4, -0.2) is 41.9 Å². The van der Waals surface area contributed by atoms with Crippen LogP contribution in [0.5, 0.6) is 0 Å². The molecule has 0 saturated heterocycles. The monoisotopic (exact) mass is 458 g/mol. The van der Waals surface area contributed by atoms with Crippen LogP contribution >= 0.6 is 0 Å². The molecule has 0 atom stereocenters. The predicted octanol–water partition coefficient (Wildman–Crippen LogP) is 3.95. The van der Waals surface area contributed by atoms with E-state index in [1.807, 2.05) is 0 Å². The Morgan fingerprint density at radius 3 is 0.897 bits per heavy atom. The van der Waals surface area contributed by atoms with Crippen LogP contribution in [0, 0.1) is 0 Å². The number of benzene rings is 1. The second-order valence-electron chi connectivity index (χ2n) is 5.53. The van der Waals surface area contributed by atoms with Crippen LogP contribution in [0.25, 0.3) is 0 Å². The Bertz CT molecular complexity index is 661. The molecule has 1 rings (SSSR count). The van der Waals surface area contributed by atoms with Gasteiger partial charge in [-0.3, -0.25) is 0 Å². The summed E-state index contributed by atoms with van der Waals surface area (Å²) in [6.07, 6.45) is -28.0. The van der Waals surface area contributed by atoms with Crippen molar-refractivity contribution in [3.05, 3.63) is 29.3 Å². The molecule has 0 amide bonds. The van der Waals surface area contributed by atoms with E-state index in [4.69, 9.17) is 10.0 Å². The summed E-state index contributed by atoms with van der Waals surface area (Å²) in [5.41, 5.74) is -21.0. The molecular formula is C12H5BF14O2. The summed E-state index contributed by atoms with van der Waals surface area (Å²) in [4.78, 5) is 0. The third kappa shape index (κ3) is 3.97. The van der Waals surface area contributed by atoms with Crippen molar-refractivity contribution in [2.45, 2.75) is 36.0 Å². The molecule has 166 valence electrons.